The van der Waals surface area contributed by atoms with Gasteiger partial charge in [-0.25, -0.2) is 4.98 Å². The average molecular weight is 399 g/mol. The Morgan fingerprint density at radius 3 is 2.68 bits per heavy atom. The second kappa shape index (κ2) is 7.14. The van der Waals surface area contributed by atoms with Gasteiger partial charge >= 0.3 is 0 Å². The van der Waals surface area contributed by atoms with Crippen LogP contribution in [0.2, 0.25) is 5.02 Å². The van der Waals surface area contributed by atoms with E-state index < -0.39 is 25.0 Å². The van der Waals surface area contributed by atoms with Crippen molar-refractivity contribution >= 4 is 28.4 Å². The van der Waals surface area contributed by atoms with Crippen LogP contribution in [-0.4, -0.2) is 37.7 Å². The van der Waals surface area contributed by atoms with E-state index in [4.69, 9.17) is 11.6 Å². The fourth-order valence-electron chi connectivity index (χ4n) is 3.74. The molecule has 2 unspecified atom stereocenters. The van der Waals surface area contributed by atoms with Crippen molar-refractivity contribution in [1.29, 1.82) is 0 Å². The molecular weight excluding hydrogens is 380 g/mol. The lowest BCUT2D eigenvalue weighted by Gasteiger charge is -2.30. The van der Waals surface area contributed by atoms with E-state index >= 15 is 0 Å². The van der Waals surface area contributed by atoms with Gasteiger partial charge in [0.2, 0.25) is 0 Å². The van der Waals surface area contributed by atoms with Gasteiger partial charge in [-0.3, -0.25) is 4.79 Å². The Hall–Kier alpha value is -2.51. The van der Waals surface area contributed by atoms with E-state index in [2.05, 4.69) is 4.98 Å². The summed E-state index contributed by atoms with van der Waals surface area (Å²) in [5, 5.41) is 31.7. The van der Waals surface area contributed by atoms with Gasteiger partial charge in [-0.2, -0.15) is 0 Å². The number of hydrogen-bond donors (Lipinski definition) is 3. The van der Waals surface area contributed by atoms with Gasteiger partial charge in [0.15, 0.2) is 6.23 Å². The Kier molecular flexibility index (Phi) is 4.81. The highest BCUT2D eigenvalue weighted by Gasteiger charge is 2.39. The summed E-state index contributed by atoms with van der Waals surface area (Å²) in [4.78, 5) is 18.7. The molecular formula is C21H19ClN2O4. The maximum atomic E-state index is 12.9. The first kappa shape index (κ1) is 18.8. The molecule has 0 fully saturated rings. The number of hydrogen-bond acceptors (Lipinski definition) is 5. The van der Waals surface area contributed by atoms with Gasteiger partial charge in [-0.1, -0.05) is 41.9 Å². The molecule has 1 amide bonds. The number of aliphatic hydroxyl groups is 3. The van der Waals surface area contributed by atoms with Crippen LogP contribution in [0.3, 0.4) is 0 Å². The second-order valence-electron chi connectivity index (χ2n) is 6.82. The molecule has 7 heteroatoms. The van der Waals surface area contributed by atoms with Crippen molar-refractivity contribution in [3.8, 4) is 0 Å². The quantitative estimate of drug-likeness (QED) is 0.627. The van der Waals surface area contributed by atoms with E-state index in [0.717, 1.165) is 5.39 Å². The van der Waals surface area contributed by atoms with Crippen molar-refractivity contribution in [2.24, 2.45) is 0 Å². The highest BCUT2D eigenvalue weighted by Crippen LogP contribution is 2.40. The van der Waals surface area contributed by atoms with E-state index in [0.29, 0.717) is 27.2 Å². The highest BCUT2D eigenvalue weighted by atomic mass is 35.5. The van der Waals surface area contributed by atoms with E-state index in [1.54, 1.807) is 49.4 Å². The van der Waals surface area contributed by atoms with Crippen LogP contribution in [0.5, 0.6) is 0 Å². The first-order valence-corrected chi connectivity index (χ1v) is 9.29. The third-order valence-electron chi connectivity index (χ3n) is 5.18. The number of fused-ring (bicyclic) bond motifs is 2. The predicted octanol–water partition coefficient (Wildman–Crippen LogP) is 3.12. The molecule has 0 bridgehead atoms. The van der Waals surface area contributed by atoms with Gasteiger partial charge in [0, 0.05) is 16.5 Å². The summed E-state index contributed by atoms with van der Waals surface area (Å²) in [5.74, 6) is -0.300. The van der Waals surface area contributed by atoms with Crippen LogP contribution in [0.1, 0.15) is 52.5 Å². The number of aliphatic hydroxyl groups excluding tert-OH is 3. The van der Waals surface area contributed by atoms with Crippen molar-refractivity contribution in [1.82, 2.24) is 9.88 Å². The molecule has 144 valence electrons. The van der Waals surface area contributed by atoms with Gasteiger partial charge in [0.05, 0.1) is 28.9 Å². The van der Waals surface area contributed by atoms with Crippen LogP contribution in [0, 0.1) is 0 Å². The summed E-state index contributed by atoms with van der Waals surface area (Å²) >= 11 is 6.23. The topological polar surface area (TPSA) is 93.9 Å². The Labute approximate surface area is 166 Å². The molecule has 3 aromatic rings. The highest BCUT2D eigenvalue weighted by molar-refractivity contribution is 6.35. The zero-order chi connectivity index (χ0) is 20.0. The molecule has 1 aromatic heterocycles. The molecule has 3 atom stereocenters. The fourth-order valence-corrected chi connectivity index (χ4v) is 3.96. The predicted molar refractivity (Wildman–Crippen MR) is 105 cm³/mol. The lowest BCUT2D eigenvalue weighted by Crippen LogP contribution is -2.32. The molecule has 28 heavy (non-hydrogen) atoms. The van der Waals surface area contributed by atoms with Crippen molar-refractivity contribution < 1.29 is 20.1 Å². The summed E-state index contributed by atoms with van der Waals surface area (Å²) in [7, 11) is 0. The number of halogens is 1. The average Bonchev–Trinajstić information content (AvgIpc) is 2.97. The largest absolute Gasteiger partial charge is 0.393 e. The van der Waals surface area contributed by atoms with Crippen LogP contribution in [0.25, 0.3) is 10.9 Å². The molecule has 4 rings (SSSR count). The molecule has 0 radical (unpaired) electrons. The standard InChI is InChI=1S/C21H19ClN2O4/c1-11(24-20(27)13-6-2-3-7-14(13)21(24)28)15-9-12-5-4-8-16(22)18(12)23-19(15)17(26)10-25/h2-9,11,17,20,25-27H,10H2,1H3/t11-,17?,20?/m0/s1. The molecule has 0 aliphatic carbocycles. The molecule has 0 saturated heterocycles. The first-order chi connectivity index (χ1) is 13.4. The van der Waals surface area contributed by atoms with Crippen LogP contribution in [0.4, 0.5) is 0 Å². The monoisotopic (exact) mass is 398 g/mol. The minimum atomic E-state index is -1.24. The van der Waals surface area contributed by atoms with Crippen molar-refractivity contribution in [3.05, 3.63) is 75.9 Å². The minimum Gasteiger partial charge on any atom is -0.393 e. The molecule has 3 N–H and O–H groups in total. The van der Waals surface area contributed by atoms with Crippen LogP contribution in [-0.2, 0) is 0 Å². The zero-order valence-electron chi connectivity index (χ0n) is 15.1. The third kappa shape index (κ3) is 2.86. The number of aromatic nitrogens is 1. The Morgan fingerprint density at radius 2 is 1.96 bits per heavy atom. The van der Waals surface area contributed by atoms with Crippen molar-refractivity contribution in [3.63, 3.8) is 0 Å². The van der Waals surface area contributed by atoms with E-state index in [-0.39, 0.29) is 11.6 Å². The molecule has 6 nitrogen and oxygen atoms in total. The number of carbonyl (C=O) groups is 1. The van der Waals surface area contributed by atoms with Crippen molar-refractivity contribution in [2.45, 2.75) is 25.3 Å². The normalized spacial score (nSPS) is 18.4. The number of rotatable bonds is 4. The van der Waals surface area contributed by atoms with Crippen molar-refractivity contribution in [2.75, 3.05) is 6.61 Å². The van der Waals surface area contributed by atoms with Crippen LogP contribution >= 0.6 is 11.6 Å². The van der Waals surface area contributed by atoms with Gasteiger partial charge in [0.1, 0.15) is 6.10 Å². The molecule has 2 heterocycles. The summed E-state index contributed by atoms with van der Waals surface area (Å²) < 4.78 is 0. The number of amides is 1. The Balaban J connectivity index is 1.85. The summed E-state index contributed by atoms with van der Waals surface area (Å²) in [6, 6.07) is 13.4. The minimum absolute atomic E-state index is 0.228. The molecule has 2 aromatic carbocycles. The summed E-state index contributed by atoms with van der Waals surface area (Å²) in [5.41, 5.74) is 2.26. The number of benzene rings is 2. The number of pyridine rings is 1. The zero-order valence-corrected chi connectivity index (χ0v) is 15.8. The number of carbonyl (C=O) groups excluding carboxylic acids is 1. The van der Waals surface area contributed by atoms with E-state index in [9.17, 15) is 20.1 Å². The van der Waals surface area contributed by atoms with Crippen LogP contribution < -0.4 is 0 Å². The Bertz CT molecular complexity index is 1070. The number of nitrogens with zero attached hydrogens (tertiary/aromatic N) is 2. The second-order valence-corrected chi connectivity index (χ2v) is 7.23. The van der Waals surface area contributed by atoms with Gasteiger partial charge in [0.25, 0.3) is 5.91 Å². The molecule has 0 spiro atoms. The van der Waals surface area contributed by atoms with E-state index in [1.807, 2.05) is 6.07 Å². The lowest BCUT2D eigenvalue weighted by atomic mass is 9.99. The maximum Gasteiger partial charge on any atom is 0.257 e. The Morgan fingerprint density at radius 1 is 1.21 bits per heavy atom. The molecule has 0 saturated carbocycles. The van der Waals surface area contributed by atoms with Gasteiger partial charge in [-0.15, -0.1) is 0 Å². The van der Waals surface area contributed by atoms with Gasteiger partial charge < -0.3 is 20.2 Å². The fraction of sp³-hybridized carbons (Fsp3) is 0.238. The lowest BCUT2D eigenvalue weighted by molar-refractivity contribution is -0.00131. The smallest absolute Gasteiger partial charge is 0.257 e. The van der Waals surface area contributed by atoms with E-state index in [1.165, 1.54) is 4.90 Å². The SMILES string of the molecule is C[C@@H](c1cc2cccc(Cl)c2nc1C(O)CO)N1C(=O)c2ccccc2C1O. The molecule has 1 aliphatic heterocycles. The van der Waals surface area contributed by atoms with Gasteiger partial charge in [-0.05, 0) is 30.7 Å². The first-order valence-electron chi connectivity index (χ1n) is 8.91. The molecule has 1 aliphatic rings. The maximum absolute atomic E-state index is 12.9. The summed E-state index contributed by atoms with van der Waals surface area (Å²) in [6.07, 6.45) is -2.34. The summed E-state index contributed by atoms with van der Waals surface area (Å²) in [6.45, 7) is 1.23. The third-order valence-corrected chi connectivity index (χ3v) is 5.49. The number of para-hydroxylation sites is 1. The van der Waals surface area contributed by atoms with Crippen LogP contribution in [0.15, 0.2) is 48.5 Å².